The van der Waals surface area contributed by atoms with Crippen molar-refractivity contribution in [3.05, 3.63) is 30.3 Å². The van der Waals surface area contributed by atoms with Crippen LogP contribution in [-0.4, -0.2) is 16.3 Å². The number of hydrogen-bond acceptors (Lipinski definition) is 1. The van der Waals surface area contributed by atoms with Crippen molar-refractivity contribution >= 4 is 15.4 Å². The van der Waals surface area contributed by atoms with Crippen molar-refractivity contribution in [2.75, 3.05) is 6.26 Å². The summed E-state index contributed by atoms with van der Waals surface area (Å²) >= 11 is 0. The Morgan fingerprint density at radius 2 is 1.80 bits per heavy atom. The van der Waals surface area contributed by atoms with E-state index in [0.29, 0.717) is 0 Å². The molecular formula is C8H10OS. The van der Waals surface area contributed by atoms with Gasteiger partial charge in [-0.15, -0.1) is 0 Å². The minimum absolute atomic E-state index is 0.815. The summed E-state index contributed by atoms with van der Waals surface area (Å²) in [6.45, 7) is 0. The van der Waals surface area contributed by atoms with Gasteiger partial charge in [0.2, 0.25) is 0 Å². The first-order chi connectivity index (χ1) is 4.61. The van der Waals surface area contributed by atoms with Gasteiger partial charge < -0.3 is 0 Å². The molecule has 1 rings (SSSR count). The van der Waals surface area contributed by atoms with Crippen LogP contribution in [0.15, 0.2) is 35.2 Å². The summed E-state index contributed by atoms with van der Waals surface area (Å²) < 4.78 is 11.3. The molecule has 10 heavy (non-hydrogen) atoms. The lowest BCUT2D eigenvalue weighted by Gasteiger charge is -1.99. The van der Waals surface area contributed by atoms with Gasteiger partial charge in [-0.2, -0.15) is 0 Å². The first-order valence-electron chi connectivity index (χ1n) is 2.98. The summed E-state index contributed by atoms with van der Waals surface area (Å²) in [6, 6.07) is 9.28. The van der Waals surface area contributed by atoms with Crippen molar-refractivity contribution in [1.82, 2.24) is 0 Å². The summed E-state index contributed by atoms with van der Waals surface area (Å²) in [6.07, 6.45) is 1.64. The maximum atomic E-state index is 11.3. The zero-order valence-electron chi connectivity index (χ0n) is 5.91. The van der Waals surface area contributed by atoms with Gasteiger partial charge >= 0.3 is 0 Å². The topological polar surface area (TPSA) is 17.1 Å². The highest BCUT2D eigenvalue weighted by Gasteiger charge is 1.96. The quantitative estimate of drug-likeness (QED) is 0.559. The maximum Gasteiger partial charge on any atom is 0.0302 e. The molecule has 1 aromatic rings. The monoisotopic (exact) mass is 154 g/mol. The van der Waals surface area contributed by atoms with Crippen LogP contribution in [0.5, 0.6) is 0 Å². The van der Waals surface area contributed by atoms with Gasteiger partial charge in [0.05, 0.1) is 0 Å². The Morgan fingerprint density at radius 1 is 1.30 bits per heavy atom. The minimum Gasteiger partial charge on any atom is -0.263 e. The first kappa shape index (κ1) is 7.35. The van der Waals surface area contributed by atoms with E-state index in [4.69, 9.17) is 0 Å². The van der Waals surface area contributed by atoms with Gasteiger partial charge in [-0.3, -0.25) is 4.21 Å². The number of benzene rings is 1. The Kier molecular flexibility index (Phi) is 1.81. The van der Waals surface area contributed by atoms with E-state index in [0.717, 1.165) is 4.90 Å². The molecule has 0 bridgehead atoms. The second-order valence-electron chi connectivity index (χ2n) is 2.32. The van der Waals surface area contributed by atoms with Gasteiger partial charge in [0.15, 0.2) is 0 Å². The van der Waals surface area contributed by atoms with Crippen molar-refractivity contribution in [2.24, 2.45) is 0 Å². The van der Waals surface area contributed by atoms with Crippen LogP contribution < -0.4 is 0 Å². The molecule has 0 aliphatic heterocycles. The second-order valence-corrected chi connectivity index (χ2v) is 4.80. The lowest BCUT2D eigenvalue weighted by atomic mass is 10.4. The molecule has 0 N–H and O–H groups in total. The normalized spacial score (nSPS) is 16.1. The van der Waals surface area contributed by atoms with Gasteiger partial charge in [0.1, 0.15) is 0 Å². The van der Waals surface area contributed by atoms with Crippen molar-refractivity contribution in [2.45, 2.75) is 4.90 Å². The third-order valence-corrected chi connectivity index (χ3v) is 2.51. The zero-order chi connectivity index (χ0) is 7.61. The molecule has 0 spiro atoms. The van der Waals surface area contributed by atoms with Gasteiger partial charge in [0, 0.05) is 11.2 Å². The number of hydrogen-bond donors (Lipinski definition) is 0. The third-order valence-electron chi connectivity index (χ3n) is 1.24. The van der Waals surface area contributed by atoms with Crippen LogP contribution in [0.4, 0.5) is 0 Å². The van der Waals surface area contributed by atoms with Gasteiger partial charge in [0.25, 0.3) is 0 Å². The summed E-state index contributed by atoms with van der Waals surface area (Å²) in [7, 11) is -2.00. The zero-order valence-corrected chi connectivity index (χ0v) is 6.73. The van der Waals surface area contributed by atoms with Crippen molar-refractivity contribution in [3.8, 4) is 0 Å². The Hall–Kier alpha value is -0.760. The van der Waals surface area contributed by atoms with Crippen molar-refractivity contribution in [1.29, 1.82) is 0 Å². The van der Waals surface area contributed by atoms with Gasteiger partial charge in [-0.25, -0.2) is 0 Å². The van der Waals surface area contributed by atoms with Crippen LogP contribution in [0.1, 0.15) is 0 Å². The van der Waals surface area contributed by atoms with Crippen molar-refractivity contribution in [3.63, 3.8) is 0 Å². The lowest BCUT2D eigenvalue weighted by molar-refractivity contribution is 0.685. The smallest absolute Gasteiger partial charge is 0.0302 e. The first-order valence-corrected chi connectivity index (χ1v) is 5.11. The summed E-state index contributed by atoms with van der Waals surface area (Å²) in [5.41, 5.74) is 0. The molecule has 1 aromatic carbocycles. The second kappa shape index (κ2) is 2.46. The molecule has 0 heterocycles. The van der Waals surface area contributed by atoms with E-state index in [1.54, 1.807) is 6.26 Å². The third kappa shape index (κ3) is 1.61. The summed E-state index contributed by atoms with van der Waals surface area (Å²) in [4.78, 5) is 0.815. The van der Waals surface area contributed by atoms with E-state index in [1.165, 1.54) is 0 Å². The molecule has 0 aromatic heterocycles. The predicted octanol–water partition coefficient (Wildman–Crippen LogP) is 1.39. The Morgan fingerprint density at radius 3 is 2.10 bits per heavy atom. The Labute approximate surface area is 61.7 Å². The summed E-state index contributed by atoms with van der Waals surface area (Å²) in [5, 5.41) is 0. The molecule has 0 aliphatic rings. The number of rotatable bonds is 1. The van der Waals surface area contributed by atoms with Crippen LogP contribution in [-0.2, 0) is 9.52 Å². The van der Waals surface area contributed by atoms with E-state index >= 15 is 0 Å². The van der Waals surface area contributed by atoms with Crippen LogP contribution in [0.3, 0.4) is 0 Å². The standard InChI is InChI=1S/C8H10OS/c1-10(2,9)8-6-4-3-5-7-8/h3-7H,1H2,2H3. The van der Waals surface area contributed by atoms with E-state index < -0.39 is 9.52 Å². The fraction of sp³-hybridized carbons (Fsp3) is 0.125. The highest BCUT2D eigenvalue weighted by molar-refractivity contribution is 7.99. The average Bonchev–Trinajstić information content (AvgIpc) is 1.88. The van der Waals surface area contributed by atoms with E-state index in [9.17, 15) is 4.21 Å². The molecule has 0 saturated heterocycles. The maximum absolute atomic E-state index is 11.3. The van der Waals surface area contributed by atoms with Crippen LogP contribution in [0.2, 0.25) is 0 Å². The molecule has 0 amide bonds. The predicted molar refractivity (Wildman–Crippen MR) is 45.9 cm³/mol. The molecule has 54 valence electrons. The highest BCUT2D eigenvalue weighted by atomic mass is 32.2. The van der Waals surface area contributed by atoms with Crippen LogP contribution in [0.25, 0.3) is 0 Å². The molecule has 1 atom stereocenters. The van der Waals surface area contributed by atoms with E-state index in [1.807, 2.05) is 30.3 Å². The fourth-order valence-corrected chi connectivity index (χ4v) is 1.44. The van der Waals surface area contributed by atoms with Gasteiger partial charge in [-0.05, 0) is 27.5 Å². The molecular weight excluding hydrogens is 144 g/mol. The molecule has 1 nitrogen and oxygen atoms in total. The van der Waals surface area contributed by atoms with E-state index in [-0.39, 0.29) is 0 Å². The van der Waals surface area contributed by atoms with Crippen LogP contribution in [0, 0.1) is 0 Å². The van der Waals surface area contributed by atoms with Crippen LogP contribution >= 0.6 is 0 Å². The molecule has 2 heteroatoms. The average molecular weight is 154 g/mol. The largest absolute Gasteiger partial charge is 0.263 e. The summed E-state index contributed by atoms with van der Waals surface area (Å²) in [5.74, 6) is 3.57. The SMILES string of the molecule is C=S(C)(=O)c1ccccc1. The fourth-order valence-electron chi connectivity index (χ4n) is 0.708. The molecule has 0 aliphatic carbocycles. The molecule has 0 saturated carbocycles. The lowest BCUT2D eigenvalue weighted by Crippen LogP contribution is -1.94. The molecule has 0 radical (unpaired) electrons. The van der Waals surface area contributed by atoms with Gasteiger partial charge in [-0.1, -0.05) is 18.2 Å². The Balaban J connectivity index is 3.22. The highest BCUT2D eigenvalue weighted by Crippen LogP contribution is 2.05. The van der Waals surface area contributed by atoms with Crippen molar-refractivity contribution < 1.29 is 4.21 Å². The molecule has 0 fully saturated rings. The minimum atomic E-state index is -2.00. The van der Waals surface area contributed by atoms with E-state index in [2.05, 4.69) is 5.87 Å². The Bertz CT molecular complexity index is 297. The molecule has 1 unspecified atom stereocenters.